The van der Waals surface area contributed by atoms with Crippen molar-refractivity contribution in [3.63, 3.8) is 0 Å². The molecule has 0 bridgehead atoms. The van der Waals surface area contributed by atoms with E-state index in [1.54, 1.807) is 6.21 Å². The molecule has 0 saturated heterocycles. The van der Waals surface area contributed by atoms with Crippen LogP contribution < -0.4 is 9.47 Å². The second kappa shape index (κ2) is 8.64. The van der Waals surface area contributed by atoms with E-state index in [1.807, 2.05) is 49.4 Å². The molecule has 2 aromatic carbocycles. The molecule has 0 aliphatic rings. The van der Waals surface area contributed by atoms with E-state index in [-0.39, 0.29) is 0 Å². The number of rotatable bonds is 7. The maximum Gasteiger partial charge on any atom is 0.216 e. The quantitative estimate of drug-likeness (QED) is 0.479. The van der Waals surface area contributed by atoms with Crippen LogP contribution in [0.1, 0.15) is 18.1 Å². The molecule has 0 radical (unpaired) electrons. The van der Waals surface area contributed by atoms with Gasteiger partial charge < -0.3 is 9.47 Å². The molecule has 0 unspecified atom stereocenters. The zero-order valence-electron chi connectivity index (χ0n) is 14.1. The van der Waals surface area contributed by atoms with E-state index in [0.29, 0.717) is 34.5 Å². The Bertz CT molecular complexity index is 968. The minimum absolute atomic E-state index is 0.401. The first-order valence-corrected chi connectivity index (χ1v) is 8.75. The molecule has 0 atom stereocenters. The Labute approximate surface area is 161 Å². The second-order valence-electron chi connectivity index (χ2n) is 5.31. The van der Waals surface area contributed by atoms with Crippen molar-refractivity contribution in [1.82, 2.24) is 14.9 Å². The van der Waals surface area contributed by atoms with E-state index >= 15 is 0 Å². The van der Waals surface area contributed by atoms with Gasteiger partial charge in [0.25, 0.3) is 0 Å². The number of benzene rings is 2. The number of aromatic nitrogens is 3. The summed E-state index contributed by atoms with van der Waals surface area (Å²) in [6.45, 7) is 2.85. The molecule has 1 N–H and O–H groups in total. The van der Waals surface area contributed by atoms with Crippen molar-refractivity contribution in [2.45, 2.75) is 13.5 Å². The van der Waals surface area contributed by atoms with Crippen molar-refractivity contribution < 1.29 is 9.47 Å². The molecule has 3 rings (SSSR count). The number of nitrogens with zero attached hydrogens (tertiary/aromatic N) is 3. The molecule has 1 heterocycles. The first-order chi connectivity index (χ1) is 12.7. The number of aromatic amines is 1. The monoisotopic (exact) mass is 388 g/mol. The normalized spacial score (nSPS) is 11.0. The number of halogens is 1. The Hall–Kier alpha value is -2.64. The number of ether oxygens (including phenoxy) is 2. The molecule has 0 aliphatic carbocycles. The molecule has 0 aliphatic heterocycles. The predicted octanol–water partition coefficient (Wildman–Crippen LogP) is 4.45. The molecule has 134 valence electrons. The molecule has 26 heavy (non-hydrogen) atoms. The fourth-order valence-electron chi connectivity index (χ4n) is 2.23. The minimum atomic E-state index is 0.401. The van der Waals surface area contributed by atoms with Gasteiger partial charge in [-0.2, -0.15) is 14.9 Å². The third-order valence-electron chi connectivity index (χ3n) is 3.42. The van der Waals surface area contributed by atoms with Crippen molar-refractivity contribution >= 4 is 30.0 Å². The van der Waals surface area contributed by atoms with Crippen LogP contribution in [0.3, 0.4) is 0 Å². The lowest BCUT2D eigenvalue weighted by atomic mass is 10.2. The average molecular weight is 389 g/mol. The fraction of sp³-hybridized carbons (Fsp3) is 0.167. The van der Waals surface area contributed by atoms with E-state index in [9.17, 15) is 0 Å². The maximum absolute atomic E-state index is 6.01. The molecule has 8 heteroatoms. The van der Waals surface area contributed by atoms with Gasteiger partial charge in [0.2, 0.25) is 4.77 Å². The summed E-state index contributed by atoms with van der Waals surface area (Å²) in [6, 6.07) is 13.2. The van der Waals surface area contributed by atoms with Crippen LogP contribution >= 0.6 is 23.8 Å². The van der Waals surface area contributed by atoms with E-state index in [0.717, 1.165) is 11.1 Å². The molecule has 0 spiro atoms. The largest absolute Gasteiger partial charge is 0.490 e. The van der Waals surface area contributed by atoms with Gasteiger partial charge in [0.1, 0.15) is 12.9 Å². The number of hydrogen-bond donors (Lipinski definition) is 1. The molecule has 3 aromatic rings. The molecule has 0 fully saturated rings. The smallest absolute Gasteiger partial charge is 0.216 e. The van der Waals surface area contributed by atoms with Crippen molar-refractivity contribution in [3.05, 3.63) is 69.7 Å². The van der Waals surface area contributed by atoms with Gasteiger partial charge in [-0.25, -0.2) is 0 Å². The average Bonchev–Trinajstić information content (AvgIpc) is 3.04. The summed E-state index contributed by atoms with van der Waals surface area (Å²) in [4.78, 5) is 0. The van der Waals surface area contributed by atoms with Crippen LogP contribution in [-0.2, 0) is 6.61 Å². The Morgan fingerprint density at radius 3 is 2.85 bits per heavy atom. The van der Waals surface area contributed by atoms with Gasteiger partial charge in [0.15, 0.2) is 11.5 Å². The summed E-state index contributed by atoms with van der Waals surface area (Å²) in [6.07, 6.45) is 3.18. The fourth-order valence-corrected chi connectivity index (χ4v) is 2.59. The molecular formula is C18H17ClN4O2S. The first kappa shape index (κ1) is 18.2. The molecule has 1 aromatic heterocycles. The lowest BCUT2D eigenvalue weighted by molar-refractivity contribution is 0.269. The Morgan fingerprint density at radius 1 is 1.23 bits per heavy atom. The number of nitrogens with one attached hydrogen (secondary N) is 1. The van der Waals surface area contributed by atoms with E-state index in [1.165, 1.54) is 11.0 Å². The van der Waals surface area contributed by atoms with E-state index in [4.69, 9.17) is 33.3 Å². The van der Waals surface area contributed by atoms with Gasteiger partial charge >= 0.3 is 0 Å². The highest BCUT2D eigenvalue weighted by molar-refractivity contribution is 7.71. The van der Waals surface area contributed by atoms with Gasteiger partial charge in [0, 0.05) is 5.02 Å². The zero-order chi connectivity index (χ0) is 18.4. The molecule has 6 nitrogen and oxygen atoms in total. The standard InChI is InChI=1S/C18H17ClN4O2S/c1-2-24-17-9-13(10-21-23-12-20-22-18(23)26)6-7-16(17)25-11-14-4-3-5-15(19)8-14/h3-10,12H,2,11H2,1H3,(H,22,26)/b21-10+. The number of H-pyrrole nitrogens is 1. The summed E-state index contributed by atoms with van der Waals surface area (Å²) in [7, 11) is 0. The van der Waals surface area contributed by atoms with Gasteiger partial charge in [-0.15, -0.1) is 0 Å². The van der Waals surface area contributed by atoms with E-state index < -0.39 is 0 Å². The molecule has 0 saturated carbocycles. The predicted molar refractivity (Wildman–Crippen MR) is 104 cm³/mol. The van der Waals surface area contributed by atoms with Crippen molar-refractivity contribution in [2.24, 2.45) is 5.10 Å². The topological polar surface area (TPSA) is 64.4 Å². The lowest BCUT2D eigenvalue weighted by Gasteiger charge is -2.12. The van der Waals surface area contributed by atoms with Crippen molar-refractivity contribution in [1.29, 1.82) is 0 Å². The van der Waals surface area contributed by atoms with Crippen LogP contribution in [0.25, 0.3) is 0 Å². The van der Waals surface area contributed by atoms with Crippen molar-refractivity contribution in [3.8, 4) is 11.5 Å². The van der Waals surface area contributed by atoms with Crippen LogP contribution in [0.2, 0.25) is 5.02 Å². The minimum Gasteiger partial charge on any atom is -0.490 e. The third-order valence-corrected chi connectivity index (χ3v) is 3.93. The third kappa shape index (κ3) is 4.71. The van der Waals surface area contributed by atoms with Gasteiger partial charge in [-0.3, -0.25) is 5.10 Å². The summed E-state index contributed by atoms with van der Waals surface area (Å²) >= 11 is 11.1. The second-order valence-corrected chi connectivity index (χ2v) is 6.13. The Balaban J connectivity index is 1.77. The summed E-state index contributed by atoms with van der Waals surface area (Å²) in [5.74, 6) is 1.30. The van der Waals surface area contributed by atoms with Gasteiger partial charge in [-0.1, -0.05) is 23.7 Å². The highest BCUT2D eigenvalue weighted by atomic mass is 35.5. The highest BCUT2D eigenvalue weighted by Crippen LogP contribution is 2.29. The summed E-state index contributed by atoms with van der Waals surface area (Å²) in [5.41, 5.74) is 1.84. The lowest BCUT2D eigenvalue weighted by Crippen LogP contribution is -2.00. The van der Waals surface area contributed by atoms with Crippen LogP contribution in [0.4, 0.5) is 0 Å². The Morgan fingerprint density at radius 2 is 2.12 bits per heavy atom. The zero-order valence-corrected chi connectivity index (χ0v) is 15.6. The van der Waals surface area contributed by atoms with Gasteiger partial charge in [0.05, 0.1) is 12.8 Å². The SMILES string of the molecule is CCOc1cc(/C=N/n2cn[nH]c2=S)ccc1OCc1cccc(Cl)c1. The van der Waals surface area contributed by atoms with Gasteiger partial charge in [-0.05, 0) is 60.6 Å². The molecular weight excluding hydrogens is 372 g/mol. The number of hydrogen-bond acceptors (Lipinski definition) is 5. The van der Waals surface area contributed by atoms with Crippen LogP contribution in [0.15, 0.2) is 53.9 Å². The highest BCUT2D eigenvalue weighted by Gasteiger charge is 2.07. The van der Waals surface area contributed by atoms with Crippen LogP contribution in [0, 0.1) is 4.77 Å². The van der Waals surface area contributed by atoms with Crippen LogP contribution in [0.5, 0.6) is 11.5 Å². The van der Waals surface area contributed by atoms with Crippen molar-refractivity contribution in [2.75, 3.05) is 6.61 Å². The summed E-state index contributed by atoms with van der Waals surface area (Å²) in [5, 5.41) is 11.4. The maximum atomic E-state index is 6.01. The Kier molecular flexibility index (Phi) is 6.04. The summed E-state index contributed by atoms with van der Waals surface area (Å²) < 4.78 is 13.5. The molecule has 0 amide bonds. The van der Waals surface area contributed by atoms with E-state index in [2.05, 4.69) is 15.3 Å². The first-order valence-electron chi connectivity index (χ1n) is 7.96. The van der Waals surface area contributed by atoms with Crippen LogP contribution in [-0.4, -0.2) is 27.7 Å².